The maximum atomic E-state index is 13.2. The second-order valence-electron chi connectivity index (χ2n) is 5.38. The van der Waals surface area contributed by atoms with Crippen LogP contribution in [-0.4, -0.2) is 18.4 Å². The van der Waals surface area contributed by atoms with Gasteiger partial charge in [-0.05, 0) is 52.3 Å². The van der Waals surface area contributed by atoms with Crippen LogP contribution in [0.2, 0.25) is 0 Å². The van der Waals surface area contributed by atoms with Gasteiger partial charge in [-0.25, -0.2) is 4.39 Å². The predicted octanol–water partition coefficient (Wildman–Crippen LogP) is 3.87. The summed E-state index contributed by atoms with van der Waals surface area (Å²) in [4.78, 5) is 23.7. The van der Waals surface area contributed by atoms with Gasteiger partial charge in [-0.3, -0.25) is 20.4 Å². The molecule has 0 aliphatic heterocycles. The Morgan fingerprint density at radius 3 is 2.52 bits per heavy atom. The van der Waals surface area contributed by atoms with Gasteiger partial charge < -0.3 is 5.32 Å². The topological polar surface area (TPSA) is 70.2 Å². The first-order chi connectivity index (χ1) is 12.7. The standard InChI is InChI=1S/C17H14BrF4N3O2/c18-14-5-4-11(19)9-13(14)16(27)23-7-6-15(26)25-24-12-3-1-2-10(8-12)17(20,21)22/h1-5,8-9,24H,6-7H2,(H,23,27)(H,25,26). The maximum absolute atomic E-state index is 13.2. The Morgan fingerprint density at radius 1 is 1.07 bits per heavy atom. The third-order valence-corrected chi connectivity index (χ3v) is 4.04. The zero-order valence-electron chi connectivity index (χ0n) is 13.7. The molecule has 2 aromatic carbocycles. The molecule has 0 atom stereocenters. The van der Waals surface area contributed by atoms with Crippen molar-refractivity contribution in [3.8, 4) is 0 Å². The van der Waals surface area contributed by atoms with E-state index in [1.165, 1.54) is 24.3 Å². The minimum Gasteiger partial charge on any atom is -0.351 e. The van der Waals surface area contributed by atoms with Crippen LogP contribution >= 0.6 is 15.9 Å². The van der Waals surface area contributed by atoms with Gasteiger partial charge in [-0.2, -0.15) is 13.2 Å². The van der Waals surface area contributed by atoms with Gasteiger partial charge in [0.1, 0.15) is 5.82 Å². The highest BCUT2D eigenvalue weighted by Crippen LogP contribution is 2.30. The van der Waals surface area contributed by atoms with Crippen molar-refractivity contribution >= 4 is 33.4 Å². The first kappa shape index (κ1) is 20.7. The van der Waals surface area contributed by atoms with Crippen LogP contribution in [0.15, 0.2) is 46.9 Å². The lowest BCUT2D eigenvalue weighted by Crippen LogP contribution is -2.33. The zero-order chi connectivity index (χ0) is 20.0. The molecular formula is C17H14BrF4N3O2. The molecule has 0 unspecified atom stereocenters. The van der Waals surface area contributed by atoms with E-state index in [4.69, 9.17) is 0 Å². The van der Waals surface area contributed by atoms with E-state index in [0.29, 0.717) is 4.47 Å². The smallest absolute Gasteiger partial charge is 0.351 e. The average Bonchev–Trinajstić information content (AvgIpc) is 2.61. The molecule has 0 saturated heterocycles. The number of halogens is 5. The molecule has 2 amide bonds. The molecule has 27 heavy (non-hydrogen) atoms. The minimum atomic E-state index is -4.49. The minimum absolute atomic E-state index is 0.0438. The fourth-order valence-corrected chi connectivity index (χ4v) is 2.46. The summed E-state index contributed by atoms with van der Waals surface area (Å²) in [6.07, 6.45) is -4.62. The average molecular weight is 448 g/mol. The van der Waals surface area contributed by atoms with E-state index in [-0.39, 0.29) is 24.2 Å². The number of anilines is 1. The number of amides is 2. The number of rotatable bonds is 6. The Balaban J connectivity index is 1.80. The zero-order valence-corrected chi connectivity index (χ0v) is 15.2. The predicted molar refractivity (Wildman–Crippen MR) is 94.3 cm³/mol. The van der Waals surface area contributed by atoms with Crippen molar-refractivity contribution in [2.24, 2.45) is 0 Å². The van der Waals surface area contributed by atoms with Gasteiger partial charge in [0, 0.05) is 17.4 Å². The summed E-state index contributed by atoms with van der Waals surface area (Å²) in [5, 5.41) is 2.45. The Labute approximate surface area is 160 Å². The third kappa shape index (κ3) is 6.24. The van der Waals surface area contributed by atoms with Crippen LogP contribution < -0.4 is 16.2 Å². The second-order valence-corrected chi connectivity index (χ2v) is 6.24. The maximum Gasteiger partial charge on any atom is 0.416 e. The van der Waals surface area contributed by atoms with Crippen LogP contribution in [0.1, 0.15) is 22.3 Å². The number of carbonyl (C=O) groups excluding carboxylic acids is 2. The first-order valence-corrected chi connectivity index (χ1v) is 8.41. The highest BCUT2D eigenvalue weighted by Gasteiger charge is 2.30. The lowest BCUT2D eigenvalue weighted by atomic mass is 10.2. The van der Waals surface area contributed by atoms with Gasteiger partial charge in [0.25, 0.3) is 5.91 Å². The molecule has 0 spiro atoms. The van der Waals surface area contributed by atoms with Crippen molar-refractivity contribution in [2.75, 3.05) is 12.0 Å². The Bertz CT molecular complexity index is 843. The second kappa shape index (κ2) is 8.85. The Hall–Kier alpha value is -2.62. The molecule has 2 aromatic rings. The summed E-state index contributed by atoms with van der Waals surface area (Å²) in [7, 11) is 0. The van der Waals surface area contributed by atoms with E-state index >= 15 is 0 Å². The summed E-state index contributed by atoms with van der Waals surface area (Å²) in [6.45, 7) is -0.0438. The van der Waals surface area contributed by atoms with Crippen LogP contribution in [0.5, 0.6) is 0 Å². The van der Waals surface area contributed by atoms with Gasteiger partial charge in [0.15, 0.2) is 0 Å². The van der Waals surface area contributed by atoms with E-state index in [1.807, 2.05) is 0 Å². The third-order valence-electron chi connectivity index (χ3n) is 3.35. The molecule has 0 aliphatic rings. The van der Waals surface area contributed by atoms with Gasteiger partial charge in [-0.15, -0.1) is 0 Å². The number of benzene rings is 2. The number of nitrogens with one attached hydrogen (secondary N) is 3. The molecule has 0 bridgehead atoms. The van der Waals surface area contributed by atoms with Crippen molar-refractivity contribution in [2.45, 2.75) is 12.6 Å². The van der Waals surface area contributed by atoms with Crippen LogP contribution in [0.3, 0.4) is 0 Å². The van der Waals surface area contributed by atoms with Crippen LogP contribution in [0.4, 0.5) is 23.2 Å². The quantitative estimate of drug-likeness (QED) is 0.465. The number of alkyl halides is 3. The molecule has 0 aliphatic carbocycles. The molecule has 3 N–H and O–H groups in total. The number of carbonyl (C=O) groups is 2. The van der Waals surface area contributed by atoms with E-state index < -0.39 is 29.4 Å². The van der Waals surface area contributed by atoms with Crippen LogP contribution in [-0.2, 0) is 11.0 Å². The largest absolute Gasteiger partial charge is 0.416 e. The number of hydrogen-bond acceptors (Lipinski definition) is 3. The van der Waals surface area contributed by atoms with Gasteiger partial charge >= 0.3 is 6.18 Å². The van der Waals surface area contributed by atoms with E-state index in [2.05, 4.69) is 32.1 Å². The van der Waals surface area contributed by atoms with Crippen LogP contribution in [0.25, 0.3) is 0 Å². The summed E-state index contributed by atoms with van der Waals surface area (Å²) >= 11 is 3.13. The fraction of sp³-hybridized carbons (Fsp3) is 0.176. The van der Waals surface area contributed by atoms with E-state index in [1.54, 1.807) is 0 Å². The summed E-state index contributed by atoms with van der Waals surface area (Å²) in [5.74, 6) is -1.70. The molecule has 0 heterocycles. The van der Waals surface area contributed by atoms with Gasteiger partial charge in [-0.1, -0.05) is 6.07 Å². The summed E-state index contributed by atoms with van der Waals surface area (Å²) in [6, 6.07) is 7.95. The van der Waals surface area contributed by atoms with Crippen molar-refractivity contribution in [1.82, 2.24) is 10.7 Å². The van der Waals surface area contributed by atoms with E-state index in [0.717, 1.165) is 18.2 Å². The summed E-state index contributed by atoms with van der Waals surface area (Å²) < 4.78 is 51.4. The Morgan fingerprint density at radius 2 is 1.81 bits per heavy atom. The number of hydrogen-bond donors (Lipinski definition) is 3. The van der Waals surface area contributed by atoms with Crippen molar-refractivity contribution in [1.29, 1.82) is 0 Å². The molecule has 0 saturated carbocycles. The molecule has 2 rings (SSSR count). The highest BCUT2D eigenvalue weighted by atomic mass is 79.9. The molecule has 0 aromatic heterocycles. The SMILES string of the molecule is O=C(CCNC(=O)c1cc(F)ccc1Br)NNc1cccc(C(F)(F)F)c1. The lowest BCUT2D eigenvalue weighted by Gasteiger charge is -2.12. The van der Waals surface area contributed by atoms with E-state index in [9.17, 15) is 27.2 Å². The molecular weight excluding hydrogens is 434 g/mol. The summed E-state index contributed by atoms with van der Waals surface area (Å²) in [5.41, 5.74) is 3.90. The van der Waals surface area contributed by atoms with Gasteiger partial charge in [0.2, 0.25) is 5.91 Å². The molecule has 0 fully saturated rings. The normalized spacial score (nSPS) is 11.0. The molecule has 144 valence electrons. The fourth-order valence-electron chi connectivity index (χ4n) is 2.03. The molecule has 0 radical (unpaired) electrons. The highest BCUT2D eigenvalue weighted by molar-refractivity contribution is 9.10. The number of hydrazine groups is 1. The molecule has 5 nitrogen and oxygen atoms in total. The van der Waals surface area contributed by atoms with Crippen molar-refractivity contribution < 1.29 is 27.2 Å². The monoisotopic (exact) mass is 447 g/mol. The Kier molecular flexibility index (Phi) is 6.78. The first-order valence-electron chi connectivity index (χ1n) is 7.62. The van der Waals surface area contributed by atoms with Gasteiger partial charge in [0.05, 0.1) is 16.8 Å². The molecule has 10 heteroatoms. The lowest BCUT2D eigenvalue weighted by molar-refractivity contribution is -0.137. The van der Waals surface area contributed by atoms with Crippen LogP contribution in [0, 0.1) is 5.82 Å². The van der Waals surface area contributed by atoms with Crippen molar-refractivity contribution in [3.63, 3.8) is 0 Å². The van der Waals surface area contributed by atoms with Crippen molar-refractivity contribution in [3.05, 3.63) is 63.9 Å².